The fourth-order valence-corrected chi connectivity index (χ4v) is 3.25. The number of hydrogen-bond acceptors (Lipinski definition) is 2. The molecule has 0 saturated carbocycles. The van der Waals surface area contributed by atoms with Crippen molar-refractivity contribution in [1.82, 2.24) is 0 Å². The second-order valence-corrected chi connectivity index (χ2v) is 6.09. The summed E-state index contributed by atoms with van der Waals surface area (Å²) in [4.78, 5) is 0. The highest BCUT2D eigenvalue weighted by atomic mass is 16.5. The molecule has 24 heavy (non-hydrogen) atoms. The molecule has 0 bridgehead atoms. The monoisotopic (exact) mass is 316 g/mol. The molecule has 1 atom stereocenters. The quantitative estimate of drug-likeness (QED) is 0.572. The van der Waals surface area contributed by atoms with Crippen molar-refractivity contribution in [2.45, 2.75) is 25.7 Å². The lowest BCUT2D eigenvalue weighted by Gasteiger charge is -2.15. The number of rotatable bonds is 5. The van der Waals surface area contributed by atoms with E-state index in [1.165, 1.54) is 16.3 Å². The fraction of sp³-hybridized carbons (Fsp3) is 0.227. The van der Waals surface area contributed by atoms with Crippen LogP contribution in [0.25, 0.3) is 10.8 Å². The molecule has 0 aromatic heterocycles. The lowest BCUT2D eigenvalue weighted by Crippen LogP contribution is -2.03. The third kappa shape index (κ3) is 2.62. The highest BCUT2D eigenvalue weighted by Crippen LogP contribution is 2.47. The molecule has 0 aliphatic carbocycles. The Morgan fingerprint density at radius 1 is 1.00 bits per heavy atom. The normalized spacial score (nSPS) is 16.0. The second-order valence-electron chi connectivity index (χ2n) is 6.09. The zero-order valence-corrected chi connectivity index (χ0v) is 13.8. The van der Waals surface area contributed by atoms with E-state index >= 15 is 0 Å². The van der Waals surface area contributed by atoms with E-state index in [0.29, 0.717) is 0 Å². The van der Waals surface area contributed by atoms with Gasteiger partial charge in [-0.05, 0) is 34.9 Å². The van der Waals surface area contributed by atoms with E-state index in [0.717, 1.165) is 36.5 Å². The average molecular weight is 316 g/mol. The van der Waals surface area contributed by atoms with Gasteiger partial charge in [0.15, 0.2) is 0 Å². The van der Waals surface area contributed by atoms with Crippen molar-refractivity contribution in [3.05, 3.63) is 78.4 Å². The van der Waals surface area contributed by atoms with Crippen molar-refractivity contribution in [2.75, 3.05) is 6.61 Å². The highest BCUT2D eigenvalue weighted by Gasteiger charge is 2.32. The molecule has 4 rings (SSSR count). The van der Waals surface area contributed by atoms with E-state index in [4.69, 9.17) is 9.47 Å². The molecular weight excluding hydrogens is 296 g/mol. The SMILES string of the molecule is CCCCOc1cccc2c1C(c1cccc3ccccc13)[C]O2. The molecule has 2 heteroatoms. The smallest absolute Gasteiger partial charge is 0.209 e. The van der Waals surface area contributed by atoms with Crippen LogP contribution in [0.1, 0.15) is 36.8 Å². The van der Waals surface area contributed by atoms with E-state index in [1.807, 2.05) is 18.2 Å². The first-order valence-electron chi connectivity index (χ1n) is 8.54. The maximum atomic E-state index is 6.03. The zero-order chi connectivity index (χ0) is 16.4. The standard InChI is InChI=1S/C22H20O2/c1-2-3-14-23-20-12-7-13-21-22(20)19(15-24-21)18-11-6-9-16-8-4-5-10-17(16)18/h4-13,19H,2-3,14H2,1H3. The molecule has 120 valence electrons. The zero-order valence-electron chi connectivity index (χ0n) is 13.8. The first-order valence-corrected chi connectivity index (χ1v) is 8.54. The molecule has 0 N–H and O–H groups in total. The number of fused-ring (bicyclic) bond motifs is 2. The summed E-state index contributed by atoms with van der Waals surface area (Å²) in [5.74, 6) is 1.73. The van der Waals surface area contributed by atoms with Gasteiger partial charge in [0.2, 0.25) is 6.61 Å². The Balaban J connectivity index is 1.77. The third-order valence-corrected chi connectivity index (χ3v) is 4.49. The van der Waals surface area contributed by atoms with Gasteiger partial charge in [-0.2, -0.15) is 0 Å². The summed E-state index contributed by atoms with van der Waals surface area (Å²) in [6.07, 6.45) is 2.17. The molecule has 0 spiro atoms. The molecule has 1 unspecified atom stereocenters. The van der Waals surface area contributed by atoms with Gasteiger partial charge in [-0.3, -0.25) is 0 Å². The lowest BCUT2D eigenvalue weighted by atomic mass is 9.89. The van der Waals surface area contributed by atoms with E-state index in [9.17, 15) is 0 Å². The van der Waals surface area contributed by atoms with Crippen LogP contribution >= 0.6 is 0 Å². The summed E-state index contributed by atoms with van der Waals surface area (Å²) < 4.78 is 11.8. The van der Waals surface area contributed by atoms with Crippen molar-refractivity contribution in [3.63, 3.8) is 0 Å². The highest BCUT2D eigenvalue weighted by molar-refractivity contribution is 5.87. The van der Waals surface area contributed by atoms with Gasteiger partial charge < -0.3 is 9.47 Å². The van der Waals surface area contributed by atoms with Gasteiger partial charge in [-0.15, -0.1) is 0 Å². The Morgan fingerprint density at radius 3 is 2.75 bits per heavy atom. The predicted molar refractivity (Wildman–Crippen MR) is 96.5 cm³/mol. The lowest BCUT2D eigenvalue weighted by molar-refractivity contribution is 0.306. The Labute approximate surface area is 143 Å². The fourth-order valence-electron chi connectivity index (χ4n) is 3.25. The van der Waals surface area contributed by atoms with Crippen LogP contribution in [-0.2, 0) is 0 Å². The number of benzene rings is 3. The van der Waals surface area contributed by atoms with Gasteiger partial charge >= 0.3 is 0 Å². The van der Waals surface area contributed by atoms with Gasteiger partial charge in [-0.25, -0.2) is 0 Å². The third-order valence-electron chi connectivity index (χ3n) is 4.49. The minimum absolute atomic E-state index is 0.0241. The maximum absolute atomic E-state index is 6.03. The largest absolute Gasteiger partial charge is 0.493 e. The second kappa shape index (κ2) is 6.56. The Kier molecular flexibility index (Phi) is 4.12. The maximum Gasteiger partial charge on any atom is 0.209 e. The summed E-state index contributed by atoms with van der Waals surface area (Å²) in [5.41, 5.74) is 2.29. The molecule has 0 saturated heterocycles. The van der Waals surface area contributed by atoms with Crippen LogP contribution in [-0.4, -0.2) is 6.61 Å². The predicted octanol–water partition coefficient (Wildman–Crippen LogP) is 5.58. The molecule has 3 aromatic rings. The molecule has 0 fully saturated rings. The van der Waals surface area contributed by atoms with Crippen molar-refractivity contribution >= 4 is 10.8 Å². The minimum atomic E-state index is -0.0241. The van der Waals surface area contributed by atoms with Crippen LogP contribution < -0.4 is 9.47 Å². The van der Waals surface area contributed by atoms with Crippen LogP contribution in [0.2, 0.25) is 0 Å². The Bertz CT molecular complexity index is 848. The summed E-state index contributed by atoms with van der Waals surface area (Å²) in [6, 6.07) is 20.8. The van der Waals surface area contributed by atoms with Gasteiger partial charge in [0.1, 0.15) is 11.5 Å². The number of unbranched alkanes of at least 4 members (excludes halogenated alkanes) is 1. The summed E-state index contributed by atoms with van der Waals surface area (Å²) in [7, 11) is 0. The molecule has 1 heterocycles. The van der Waals surface area contributed by atoms with Crippen LogP contribution in [0.3, 0.4) is 0 Å². The average Bonchev–Trinajstić information content (AvgIpc) is 3.06. The molecule has 0 amide bonds. The Hall–Kier alpha value is -2.48. The Morgan fingerprint density at radius 2 is 1.83 bits per heavy atom. The molecule has 3 aromatic carbocycles. The first kappa shape index (κ1) is 15.1. The van der Waals surface area contributed by atoms with Crippen LogP contribution in [0.15, 0.2) is 60.7 Å². The molecule has 2 radical (unpaired) electrons. The van der Waals surface area contributed by atoms with E-state index in [1.54, 1.807) is 0 Å². The number of hydrogen-bond donors (Lipinski definition) is 0. The minimum Gasteiger partial charge on any atom is -0.493 e. The van der Waals surface area contributed by atoms with E-state index < -0.39 is 0 Å². The van der Waals surface area contributed by atoms with Gasteiger partial charge in [-0.1, -0.05) is 61.9 Å². The van der Waals surface area contributed by atoms with Crippen molar-refractivity contribution in [1.29, 1.82) is 0 Å². The topological polar surface area (TPSA) is 18.5 Å². The molecule has 1 aliphatic rings. The van der Waals surface area contributed by atoms with Crippen molar-refractivity contribution in [3.8, 4) is 11.5 Å². The summed E-state index contributed by atoms with van der Waals surface area (Å²) in [5, 5.41) is 2.46. The molecular formula is C22H20O2. The van der Waals surface area contributed by atoms with Gasteiger partial charge in [0.25, 0.3) is 0 Å². The first-order chi connectivity index (χ1) is 11.9. The summed E-state index contributed by atoms with van der Waals surface area (Å²) >= 11 is 0. The van der Waals surface area contributed by atoms with Gasteiger partial charge in [0.05, 0.1) is 12.5 Å². The van der Waals surface area contributed by atoms with Crippen LogP contribution in [0, 0.1) is 6.61 Å². The van der Waals surface area contributed by atoms with Gasteiger partial charge in [0, 0.05) is 5.56 Å². The van der Waals surface area contributed by atoms with E-state index in [2.05, 4.69) is 56.0 Å². The van der Waals surface area contributed by atoms with Crippen molar-refractivity contribution in [2.24, 2.45) is 0 Å². The van der Waals surface area contributed by atoms with E-state index in [-0.39, 0.29) is 5.92 Å². The van der Waals surface area contributed by atoms with Crippen LogP contribution in [0.5, 0.6) is 11.5 Å². The number of ether oxygens (including phenoxy) is 2. The summed E-state index contributed by atoms with van der Waals surface area (Å²) in [6.45, 7) is 6.08. The van der Waals surface area contributed by atoms with Crippen molar-refractivity contribution < 1.29 is 9.47 Å². The molecule has 1 aliphatic heterocycles. The molecule has 2 nitrogen and oxygen atoms in total. The van der Waals surface area contributed by atoms with Crippen LogP contribution in [0.4, 0.5) is 0 Å².